The van der Waals surface area contributed by atoms with E-state index in [1.54, 1.807) is 12.3 Å². The molecular formula is C32H24N2O2. The summed E-state index contributed by atoms with van der Waals surface area (Å²) in [7, 11) is 0. The smallest absolute Gasteiger partial charge is 0.167 e. The average molecular weight is 469 g/mol. The number of nitrogens with one attached hydrogen (secondary N) is 1. The number of anilines is 1. The number of nitrogens with zero attached hydrogens (tertiary/aromatic N) is 1. The lowest BCUT2D eigenvalue weighted by atomic mass is 9.96. The van der Waals surface area contributed by atoms with Gasteiger partial charge in [-0.05, 0) is 62.1 Å². The molecule has 0 heterocycles. The van der Waals surface area contributed by atoms with E-state index in [4.69, 9.17) is 4.99 Å². The first-order valence-electron chi connectivity index (χ1n) is 11.9. The van der Waals surface area contributed by atoms with Crippen LogP contribution >= 0.6 is 0 Å². The van der Waals surface area contributed by atoms with Crippen molar-refractivity contribution in [3.05, 3.63) is 120 Å². The molecule has 6 aromatic carbocycles. The summed E-state index contributed by atoms with van der Waals surface area (Å²) in [6.45, 7) is 0.634. The van der Waals surface area contributed by atoms with E-state index in [2.05, 4.69) is 59.9 Å². The highest BCUT2D eigenvalue weighted by molar-refractivity contribution is 6.05. The van der Waals surface area contributed by atoms with E-state index in [0.29, 0.717) is 12.1 Å². The molecule has 0 fully saturated rings. The van der Waals surface area contributed by atoms with E-state index in [-0.39, 0.29) is 11.5 Å². The third-order valence-electron chi connectivity index (χ3n) is 6.62. The molecule has 0 aromatic heterocycles. The fourth-order valence-electron chi connectivity index (χ4n) is 4.83. The van der Waals surface area contributed by atoms with Crippen molar-refractivity contribution in [2.75, 3.05) is 5.32 Å². The van der Waals surface area contributed by atoms with Gasteiger partial charge in [0.15, 0.2) is 11.5 Å². The van der Waals surface area contributed by atoms with E-state index in [1.165, 1.54) is 27.1 Å². The van der Waals surface area contributed by atoms with E-state index in [0.717, 1.165) is 22.1 Å². The summed E-state index contributed by atoms with van der Waals surface area (Å²) < 4.78 is 0. The summed E-state index contributed by atoms with van der Waals surface area (Å²) in [6, 6.07) is 36.2. The van der Waals surface area contributed by atoms with Crippen LogP contribution in [0.4, 0.5) is 11.4 Å². The molecule has 6 rings (SSSR count). The Morgan fingerprint density at radius 2 is 1.19 bits per heavy atom. The van der Waals surface area contributed by atoms with Crippen molar-refractivity contribution < 1.29 is 10.2 Å². The quantitative estimate of drug-likeness (QED) is 0.137. The fraction of sp³-hybridized carbons (Fsp3) is 0.0312. The van der Waals surface area contributed by atoms with Crippen molar-refractivity contribution in [3.8, 4) is 11.5 Å². The van der Waals surface area contributed by atoms with Crippen molar-refractivity contribution in [3.63, 3.8) is 0 Å². The van der Waals surface area contributed by atoms with Crippen LogP contribution in [-0.2, 0) is 6.54 Å². The molecule has 0 saturated carbocycles. The summed E-state index contributed by atoms with van der Waals surface area (Å²) in [5.41, 5.74) is 3.35. The van der Waals surface area contributed by atoms with Gasteiger partial charge in [-0.1, -0.05) is 84.9 Å². The highest BCUT2D eigenvalue weighted by atomic mass is 16.3. The van der Waals surface area contributed by atoms with E-state index in [1.807, 2.05) is 48.5 Å². The average Bonchev–Trinajstić information content (AvgIpc) is 2.92. The number of rotatable bonds is 5. The lowest BCUT2D eigenvalue weighted by Crippen LogP contribution is -2.01. The summed E-state index contributed by atoms with van der Waals surface area (Å²) in [5, 5.41) is 30.9. The normalized spacial score (nSPS) is 11.6. The zero-order valence-corrected chi connectivity index (χ0v) is 19.5. The minimum absolute atomic E-state index is 0.163. The standard InChI is InChI=1S/C32H24N2O2/c35-31-18-23-11-3-6-14-26(23)28(32(31)36)20-34-30-16-8-7-15-29(30)33-19-27-24-12-4-1-9-21(24)17-22-10-2-5-13-25(22)27/h1-18,20,33,35-36H,19H2. The van der Waals surface area contributed by atoms with Crippen LogP contribution in [0.2, 0.25) is 0 Å². The molecule has 36 heavy (non-hydrogen) atoms. The largest absolute Gasteiger partial charge is 0.504 e. The van der Waals surface area contributed by atoms with Gasteiger partial charge in [0, 0.05) is 18.3 Å². The highest BCUT2D eigenvalue weighted by Gasteiger charge is 2.11. The molecular weight excluding hydrogens is 444 g/mol. The predicted octanol–water partition coefficient (Wildman–Crippen LogP) is 7.92. The van der Waals surface area contributed by atoms with Crippen LogP contribution in [-0.4, -0.2) is 16.4 Å². The Labute approximate surface area is 208 Å². The SMILES string of the molecule is Oc1cc2ccccc2c(C=Nc2ccccc2NCc2c3ccccc3cc3ccccc23)c1O. The van der Waals surface area contributed by atoms with Crippen LogP contribution < -0.4 is 5.32 Å². The summed E-state index contributed by atoms with van der Waals surface area (Å²) in [5.74, 6) is -0.338. The molecule has 0 radical (unpaired) electrons. The Hall–Kier alpha value is -4.83. The first kappa shape index (κ1) is 21.7. The van der Waals surface area contributed by atoms with Crippen LogP contribution in [0.25, 0.3) is 32.3 Å². The van der Waals surface area contributed by atoms with Crippen LogP contribution in [0.1, 0.15) is 11.1 Å². The number of phenols is 2. The minimum Gasteiger partial charge on any atom is -0.504 e. The van der Waals surface area contributed by atoms with Gasteiger partial charge >= 0.3 is 0 Å². The van der Waals surface area contributed by atoms with Crippen molar-refractivity contribution in [1.29, 1.82) is 0 Å². The fourth-order valence-corrected chi connectivity index (χ4v) is 4.83. The number of aliphatic imine (C=N–C) groups is 1. The highest BCUT2D eigenvalue weighted by Crippen LogP contribution is 2.36. The van der Waals surface area contributed by atoms with Gasteiger partial charge in [-0.2, -0.15) is 0 Å². The number of hydrogen-bond donors (Lipinski definition) is 3. The molecule has 4 heteroatoms. The molecule has 0 atom stereocenters. The molecule has 174 valence electrons. The third kappa shape index (κ3) is 3.89. The molecule has 0 amide bonds. The second-order valence-electron chi connectivity index (χ2n) is 8.81. The molecule has 0 aliphatic carbocycles. The molecule has 0 aliphatic heterocycles. The molecule has 4 nitrogen and oxygen atoms in total. The second kappa shape index (κ2) is 9.08. The van der Waals surface area contributed by atoms with E-state index >= 15 is 0 Å². The summed E-state index contributed by atoms with van der Waals surface area (Å²) >= 11 is 0. The lowest BCUT2D eigenvalue weighted by Gasteiger charge is -2.14. The maximum atomic E-state index is 10.5. The Kier molecular flexibility index (Phi) is 5.47. The van der Waals surface area contributed by atoms with Crippen molar-refractivity contribution in [2.24, 2.45) is 4.99 Å². The van der Waals surface area contributed by atoms with Crippen LogP contribution in [0.5, 0.6) is 11.5 Å². The van der Waals surface area contributed by atoms with Crippen molar-refractivity contribution in [1.82, 2.24) is 0 Å². The van der Waals surface area contributed by atoms with E-state index < -0.39 is 0 Å². The summed E-state index contributed by atoms with van der Waals surface area (Å²) in [4.78, 5) is 4.71. The van der Waals surface area contributed by atoms with Gasteiger partial charge in [-0.15, -0.1) is 0 Å². The molecule has 6 aromatic rings. The molecule has 0 bridgehead atoms. The van der Waals surface area contributed by atoms with Gasteiger partial charge in [0.2, 0.25) is 0 Å². The Balaban J connectivity index is 1.38. The number of benzene rings is 6. The number of hydrogen-bond acceptors (Lipinski definition) is 4. The van der Waals surface area contributed by atoms with Crippen molar-refractivity contribution >= 4 is 49.9 Å². The van der Waals surface area contributed by atoms with Gasteiger partial charge in [0.1, 0.15) is 0 Å². The second-order valence-corrected chi connectivity index (χ2v) is 8.81. The lowest BCUT2D eigenvalue weighted by molar-refractivity contribution is 0.404. The summed E-state index contributed by atoms with van der Waals surface area (Å²) in [6.07, 6.45) is 1.62. The third-order valence-corrected chi connectivity index (χ3v) is 6.62. The molecule has 0 aliphatic rings. The topological polar surface area (TPSA) is 64.9 Å². The molecule has 0 unspecified atom stereocenters. The molecule has 0 saturated heterocycles. The Morgan fingerprint density at radius 3 is 1.89 bits per heavy atom. The Bertz CT molecular complexity index is 1720. The monoisotopic (exact) mass is 468 g/mol. The van der Waals surface area contributed by atoms with E-state index in [9.17, 15) is 10.2 Å². The molecule has 0 spiro atoms. The number of aromatic hydroxyl groups is 2. The Morgan fingerprint density at radius 1 is 0.639 bits per heavy atom. The van der Waals surface area contributed by atoms with Gasteiger partial charge in [-0.3, -0.25) is 4.99 Å². The van der Waals surface area contributed by atoms with Crippen LogP contribution in [0.3, 0.4) is 0 Å². The number of phenolic OH excluding ortho intramolecular Hbond substituents is 2. The molecule has 3 N–H and O–H groups in total. The first-order chi connectivity index (χ1) is 17.7. The zero-order valence-electron chi connectivity index (χ0n) is 19.5. The van der Waals surface area contributed by atoms with Gasteiger partial charge in [-0.25, -0.2) is 0 Å². The predicted molar refractivity (Wildman–Crippen MR) is 150 cm³/mol. The number of para-hydroxylation sites is 2. The van der Waals surface area contributed by atoms with Gasteiger partial charge in [0.05, 0.1) is 11.4 Å². The van der Waals surface area contributed by atoms with Crippen LogP contribution in [0, 0.1) is 0 Å². The maximum Gasteiger partial charge on any atom is 0.167 e. The van der Waals surface area contributed by atoms with Crippen LogP contribution in [0.15, 0.2) is 114 Å². The minimum atomic E-state index is -0.176. The van der Waals surface area contributed by atoms with Gasteiger partial charge in [0.25, 0.3) is 0 Å². The van der Waals surface area contributed by atoms with Gasteiger partial charge < -0.3 is 15.5 Å². The zero-order chi connectivity index (χ0) is 24.5. The maximum absolute atomic E-state index is 10.5. The first-order valence-corrected chi connectivity index (χ1v) is 11.9. The number of fused-ring (bicyclic) bond motifs is 3. The van der Waals surface area contributed by atoms with Crippen molar-refractivity contribution in [2.45, 2.75) is 6.54 Å².